The number of terminal acetylenes is 2. The van der Waals surface area contributed by atoms with Gasteiger partial charge in [-0.3, -0.25) is 44.4 Å². The van der Waals surface area contributed by atoms with E-state index in [1.807, 2.05) is 12.1 Å². The molecular formula is C61H109BrN10Si2. The second kappa shape index (κ2) is 42.8. The van der Waals surface area contributed by atoms with Crippen molar-refractivity contribution in [2.24, 2.45) is 0 Å². The zero-order valence-corrected chi connectivity index (χ0v) is 54.7. The van der Waals surface area contributed by atoms with Crippen LogP contribution in [-0.4, -0.2) is 152 Å². The van der Waals surface area contributed by atoms with Crippen molar-refractivity contribution in [3.05, 3.63) is 86.2 Å². The van der Waals surface area contributed by atoms with Crippen molar-refractivity contribution in [1.82, 2.24) is 49.7 Å². The minimum atomic E-state index is -1.37. The van der Waals surface area contributed by atoms with Gasteiger partial charge in [0.1, 0.15) is 16.1 Å². The van der Waals surface area contributed by atoms with Gasteiger partial charge in [0.25, 0.3) is 0 Å². The van der Waals surface area contributed by atoms with Crippen LogP contribution in [0.1, 0.15) is 142 Å². The first-order chi connectivity index (χ1) is 35.1. The minimum Gasteiger partial charge on any atom is -0.317 e. The van der Waals surface area contributed by atoms with E-state index in [-0.39, 0.29) is 0 Å². The van der Waals surface area contributed by atoms with Crippen LogP contribution in [-0.2, 0) is 39.3 Å². The summed E-state index contributed by atoms with van der Waals surface area (Å²) in [4.78, 5) is 28.8. The van der Waals surface area contributed by atoms with Crippen molar-refractivity contribution in [3.8, 4) is 35.8 Å². The van der Waals surface area contributed by atoms with Gasteiger partial charge in [-0.2, -0.15) is 0 Å². The van der Waals surface area contributed by atoms with E-state index >= 15 is 0 Å². The summed E-state index contributed by atoms with van der Waals surface area (Å²) < 4.78 is 1.13. The Labute approximate surface area is 468 Å². The lowest BCUT2D eigenvalue weighted by Crippen LogP contribution is -2.25. The molecule has 74 heavy (non-hydrogen) atoms. The van der Waals surface area contributed by atoms with E-state index in [1.54, 1.807) is 0 Å². The summed E-state index contributed by atoms with van der Waals surface area (Å²) in [6, 6.07) is 12.7. The molecule has 0 atom stereocenters. The lowest BCUT2D eigenvalue weighted by atomic mass is 10.1. The van der Waals surface area contributed by atoms with Crippen LogP contribution < -0.4 is 5.32 Å². The Morgan fingerprint density at radius 1 is 0.405 bits per heavy atom. The van der Waals surface area contributed by atoms with Crippen LogP contribution in [0.25, 0.3) is 0 Å². The molecule has 3 heterocycles. The molecule has 3 aromatic rings. The summed E-state index contributed by atoms with van der Waals surface area (Å²) in [6.07, 6.45) is 10.7. The van der Waals surface area contributed by atoms with Gasteiger partial charge in [0.15, 0.2) is 0 Å². The first-order valence-electron chi connectivity index (χ1n) is 28.2. The first kappa shape index (κ1) is 72.8. The van der Waals surface area contributed by atoms with Crippen LogP contribution in [0.5, 0.6) is 0 Å². The third-order valence-electron chi connectivity index (χ3n) is 12.1. The highest BCUT2D eigenvalue weighted by Crippen LogP contribution is 2.17. The van der Waals surface area contributed by atoms with Crippen LogP contribution >= 0.6 is 15.9 Å². The molecule has 0 amide bonds. The molecular weight excluding hydrogens is 1010 g/mol. The van der Waals surface area contributed by atoms with Crippen molar-refractivity contribution in [2.75, 3.05) is 91.6 Å². The number of halogens is 1. The number of aromatic nitrogens is 3. The molecule has 0 aromatic carbocycles. The van der Waals surface area contributed by atoms with E-state index in [9.17, 15) is 0 Å². The zero-order valence-electron chi connectivity index (χ0n) is 51.2. The van der Waals surface area contributed by atoms with Crippen molar-refractivity contribution in [1.29, 1.82) is 0 Å². The molecule has 10 nitrogen and oxygen atoms in total. The highest BCUT2D eigenvalue weighted by Gasteiger charge is 2.13. The van der Waals surface area contributed by atoms with Crippen molar-refractivity contribution >= 4 is 32.1 Å². The van der Waals surface area contributed by atoms with Crippen LogP contribution in [0.2, 0.25) is 39.3 Å². The van der Waals surface area contributed by atoms with Gasteiger partial charge in [-0.05, 0) is 128 Å². The van der Waals surface area contributed by atoms with Gasteiger partial charge in [0, 0.05) is 54.9 Å². The second-order valence-electron chi connectivity index (χ2n) is 20.2. The van der Waals surface area contributed by atoms with Gasteiger partial charge >= 0.3 is 0 Å². The molecule has 0 aliphatic rings. The smallest absolute Gasteiger partial charge is 0.129 e. The lowest BCUT2D eigenvalue weighted by molar-refractivity contribution is 0.284. The lowest BCUT2D eigenvalue weighted by Gasteiger charge is -2.20. The summed E-state index contributed by atoms with van der Waals surface area (Å²) in [7, 11) is -2.47. The zero-order chi connectivity index (χ0) is 56.7. The number of nitrogens with zero attached hydrogens (tertiary/aromatic N) is 9. The van der Waals surface area contributed by atoms with Gasteiger partial charge in [0.2, 0.25) is 0 Å². The van der Waals surface area contributed by atoms with Gasteiger partial charge < -0.3 is 5.32 Å². The van der Waals surface area contributed by atoms with Gasteiger partial charge in [-0.1, -0.05) is 164 Å². The van der Waals surface area contributed by atoms with E-state index in [0.29, 0.717) is 0 Å². The average Bonchev–Trinajstić information content (AvgIpc) is 3.38. The second-order valence-corrected chi connectivity index (χ2v) is 30.7. The van der Waals surface area contributed by atoms with Crippen molar-refractivity contribution in [2.45, 2.75) is 175 Å². The third kappa shape index (κ3) is 35.9. The number of pyridine rings is 3. The third-order valence-corrected chi connectivity index (χ3v) is 14.3. The normalized spacial score (nSPS) is 11.1. The molecule has 0 fully saturated rings. The van der Waals surface area contributed by atoms with Gasteiger partial charge in [-0.25, -0.2) is 0 Å². The monoisotopic (exact) mass is 1120 g/mol. The molecule has 1 N–H and O–H groups in total. The fourth-order valence-electron chi connectivity index (χ4n) is 7.12. The molecule has 3 rings (SSSR count). The highest BCUT2D eigenvalue weighted by molar-refractivity contribution is 9.10. The number of rotatable bonds is 26. The fourth-order valence-corrected chi connectivity index (χ4v) is 8.17. The molecule has 13 heteroatoms. The maximum absolute atomic E-state index is 5.57. The van der Waals surface area contributed by atoms with Crippen molar-refractivity contribution < 1.29 is 0 Å². The van der Waals surface area contributed by atoms with Crippen LogP contribution in [0.4, 0.5) is 0 Å². The summed E-state index contributed by atoms with van der Waals surface area (Å²) in [5, 5.41) is 3.11. The summed E-state index contributed by atoms with van der Waals surface area (Å²) >= 11 is 3.60. The molecule has 0 unspecified atom stereocenters. The maximum Gasteiger partial charge on any atom is 0.129 e. The average molecular weight is 1120 g/mol. The molecule has 0 spiro atoms. The topological polar surface area (TPSA) is 70.1 Å². The molecule has 3 aromatic heterocycles. The predicted octanol–water partition coefficient (Wildman–Crippen LogP) is 12.4. The van der Waals surface area contributed by atoms with Gasteiger partial charge in [0.05, 0.1) is 34.2 Å². The van der Waals surface area contributed by atoms with E-state index < -0.39 is 16.1 Å². The van der Waals surface area contributed by atoms with E-state index in [0.717, 1.165) is 181 Å². The largest absolute Gasteiger partial charge is 0.317 e. The predicted molar refractivity (Wildman–Crippen MR) is 335 cm³/mol. The van der Waals surface area contributed by atoms with Crippen LogP contribution in [0.3, 0.4) is 0 Å². The Morgan fingerprint density at radius 2 is 0.635 bits per heavy atom. The molecule has 0 radical (unpaired) electrons. The SMILES string of the molecule is C#C[Si](C)(C)C.C#Cc1cc(CN(CC)CC)nc(CN(CC)CC)c1.CCN(CC)Cc1cc(Br)cc(CN(CC)CC)n1.CCN(CC)Cc1cc(C#C[Si](C)(C)C)cc(CN(CC)CC)n1.CCNCC. The van der Waals surface area contributed by atoms with E-state index in [1.165, 1.54) is 0 Å². The summed E-state index contributed by atoms with van der Waals surface area (Å²) in [5.41, 5.74) is 15.0. The molecule has 418 valence electrons. The summed E-state index contributed by atoms with van der Waals surface area (Å²) in [5.74, 6) is 6.17. The number of nitrogens with one attached hydrogen (secondary N) is 1. The number of hydrogen-bond donors (Lipinski definition) is 1. The van der Waals surface area contributed by atoms with Crippen molar-refractivity contribution in [3.63, 3.8) is 0 Å². The Hall–Kier alpha value is -3.24. The van der Waals surface area contributed by atoms with Crippen LogP contribution in [0, 0.1) is 35.8 Å². The Bertz CT molecular complexity index is 1940. The van der Waals surface area contributed by atoms with Gasteiger partial charge in [-0.15, -0.1) is 23.9 Å². The highest BCUT2D eigenvalue weighted by atomic mass is 79.9. The standard InChI is InChI=1S/C20H35N3Si.C17H27N3.C15H26BrN3.C5H10Si.C4H11N/c1-8-22(9-2)16-19-14-18(12-13-24(5,6)7)15-20(21-19)17-23(10-3)11-4;1-6-15-11-16(13-19(7-2)8-3)18-17(12-15)14-20(9-4)10-5;1-5-18(6-2)11-14-9-13(16)10-15(17-14)12-19(7-3)8-4;1-5-6(2,3)4;1-3-5-4-2/h14-15H,8-11,16-17H2,1-7H3;1,11-12H,7-10,13-14H2,2-5H3;9-10H,5-8,11-12H2,1-4H3;1H,2-4H3;5H,3-4H2,1-2H3. The Morgan fingerprint density at radius 3 is 0.811 bits per heavy atom. The van der Waals surface area contributed by atoms with E-state index in [2.05, 4.69) is 234 Å². The van der Waals surface area contributed by atoms with Crippen LogP contribution in [0.15, 0.2) is 40.9 Å². The molecule has 0 saturated heterocycles. The summed E-state index contributed by atoms with van der Waals surface area (Å²) in [6.45, 7) is 63.9. The molecule has 0 bridgehead atoms. The molecule has 0 aliphatic heterocycles. The Kier molecular flexibility index (Phi) is 42.2. The first-order valence-corrected chi connectivity index (χ1v) is 36.0. The quantitative estimate of drug-likeness (QED) is 0.0621. The minimum absolute atomic E-state index is 0.869. The molecule has 0 aliphatic carbocycles. The number of hydrogen-bond acceptors (Lipinski definition) is 10. The maximum atomic E-state index is 5.57. The molecule has 0 saturated carbocycles. The Balaban J connectivity index is 0. The van der Waals surface area contributed by atoms with E-state index in [4.69, 9.17) is 27.8 Å². The fraction of sp³-hybridized carbons (Fsp3) is 0.656.